The quantitative estimate of drug-likeness (QED) is 0.122. The van der Waals surface area contributed by atoms with E-state index in [9.17, 15) is 0 Å². The zero-order valence-corrected chi connectivity index (χ0v) is 41.2. The van der Waals surface area contributed by atoms with Crippen molar-refractivity contribution in [2.75, 3.05) is 0 Å². The Morgan fingerprint density at radius 2 is 0.662 bits per heavy atom. The minimum atomic E-state index is 0.285. The van der Waals surface area contributed by atoms with Crippen molar-refractivity contribution in [2.45, 2.75) is 24.7 Å². The highest BCUT2D eigenvalue weighted by atomic mass is 14.9. The highest BCUT2D eigenvalue weighted by Crippen LogP contribution is 2.41. The molecule has 0 N–H and O–H groups in total. The zero-order valence-electron chi connectivity index (χ0n) is 41.2. The lowest BCUT2D eigenvalue weighted by molar-refractivity contribution is 0.854. The number of benzene rings is 9. The molecule has 0 saturated heterocycles. The van der Waals surface area contributed by atoms with E-state index in [0.717, 1.165) is 91.3 Å². The van der Waals surface area contributed by atoms with Crippen molar-refractivity contribution in [3.8, 4) is 89.5 Å². The lowest BCUT2D eigenvalue weighted by Gasteiger charge is -2.19. The maximum atomic E-state index is 5.73. The molecule has 2 atom stereocenters. The minimum absolute atomic E-state index is 0.285. The molecule has 0 spiro atoms. The van der Waals surface area contributed by atoms with E-state index in [0.29, 0.717) is 5.92 Å². The monoisotopic (exact) mass is 946 g/mol. The van der Waals surface area contributed by atoms with Gasteiger partial charge in [-0.2, -0.15) is 0 Å². The number of nitrogens with zero attached hydrogens (tertiary/aromatic N) is 2. The fraction of sp³-hybridized carbons (Fsp3) is 0.0556. The second-order valence-electron chi connectivity index (χ2n) is 19.2. The first kappa shape index (κ1) is 45.9. The molecule has 1 heterocycles. The Morgan fingerprint density at radius 1 is 0.324 bits per heavy atom. The van der Waals surface area contributed by atoms with Gasteiger partial charge >= 0.3 is 0 Å². The van der Waals surface area contributed by atoms with Gasteiger partial charge in [-0.15, -0.1) is 0 Å². The van der Waals surface area contributed by atoms with Crippen LogP contribution in [-0.4, -0.2) is 9.97 Å². The van der Waals surface area contributed by atoms with Gasteiger partial charge < -0.3 is 0 Å². The molecule has 10 aromatic rings. The van der Waals surface area contributed by atoms with Crippen molar-refractivity contribution < 1.29 is 0 Å². The van der Waals surface area contributed by atoms with Gasteiger partial charge in [0.05, 0.1) is 22.8 Å². The Bertz CT molecular complexity index is 3690. The molecule has 2 heteroatoms. The molecule has 12 rings (SSSR count). The van der Waals surface area contributed by atoms with Crippen LogP contribution in [-0.2, 0) is 0 Å². The fourth-order valence-corrected chi connectivity index (χ4v) is 10.4. The van der Waals surface area contributed by atoms with Crippen LogP contribution in [0.3, 0.4) is 0 Å². The number of hydrogen-bond donors (Lipinski definition) is 0. The van der Waals surface area contributed by atoms with Gasteiger partial charge in [0.25, 0.3) is 0 Å². The van der Waals surface area contributed by atoms with Gasteiger partial charge in [0, 0.05) is 34.1 Å². The molecule has 9 aromatic carbocycles. The molecule has 0 bridgehead atoms. The lowest BCUT2D eigenvalue weighted by Crippen LogP contribution is -2.02. The van der Waals surface area contributed by atoms with Crippen molar-refractivity contribution in [3.05, 3.63) is 302 Å². The van der Waals surface area contributed by atoms with E-state index in [1.54, 1.807) is 0 Å². The molecule has 2 aliphatic rings. The Labute approximate surface area is 435 Å². The summed E-state index contributed by atoms with van der Waals surface area (Å²) in [6.45, 7) is 3.95. The van der Waals surface area contributed by atoms with Gasteiger partial charge in [0.1, 0.15) is 0 Å². The van der Waals surface area contributed by atoms with Crippen LogP contribution in [0.1, 0.15) is 46.9 Å². The zero-order chi connectivity index (χ0) is 49.6. The molecule has 2 nitrogen and oxygen atoms in total. The van der Waals surface area contributed by atoms with Gasteiger partial charge in [-0.3, -0.25) is 0 Å². The van der Waals surface area contributed by atoms with E-state index in [-0.39, 0.29) is 5.92 Å². The van der Waals surface area contributed by atoms with E-state index >= 15 is 0 Å². The summed E-state index contributed by atoms with van der Waals surface area (Å²) in [5.74, 6) is 0.701. The lowest BCUT2D eigenvalue weighted by atomic mass is 9.87. The smallest absolute Gasteiger partial charge is 0.0973 e. The van der Waals surface area contributed by atoms with Crippen LogP contribution in [0.25, 0.3) is 101 Å². The van der Waals surface area contributed by atoms with E-state index in [1.165, 1.54) is 39.0 Å². The van der Waals surface area contributed by atoms with Crippen LogP contribution in [0.5, 0.6) is 0 Å². The van der Waals surface area contributed by atoms with Crippen LogP contribution in [0, 0.1) is 0 Å². The Kier molecular flexibility index (Phi) is 12.9. The summed E-state index contributed by atoms with van der Waals surface area (Å²) in [6, 6.07) is 83.0. The molecule has 0 aliphatic heterocycles. The number of rotatable bonds is 12. The molecule has 0 amide bonds. The summed E-state index contributed by atoms with van der Waals surface area (Å²) in [4.78, 5) is 11.4. The Balaban J connectivity index is 0.947. The van der Waals surface area contributed by atoms with Crippen LogP contribution in [0.2, 0.25) is 0 Å². The summed E-state index contributed by atoms with van der Waals surface area (Å²) in [7, 11) is 0. The summed E-state index contributed by atoms with van der Waals surface area (Å²) in [5, 5.41) is 0. The first-order valence-electron chi connectivity index (χ1n) is 25.7. The van der Waals surface area contributed by atoms with Crippen molar-refractivity contribution in [2.24, 2.45) is 0 Å². The third-order valence-corrected chi connectivity index (χ3v) is 14.6. The van der Waals surface area contributed by atoms with Gasteiger partial charge in [-0.05, 0) is 85.2 Å². The summed E-state index contributed by atoms with van der Waals surface area (Å²) >= 11 is 0. The van der Waals surface area contributed by atoms with E-state index in [2.05, 4.69) is 280 Å². The minimum Gasteiger partial charge on any atom is -0.243 e. The number of aromatic nitrogens is 2. The third-order valence-electron chi connectivity index (χ3n) is 14.6. The van der Waals surface area contributed by atoms with Crippen molar-refractivity contribution in [1.82, 2.24) is 9.97 Å². The van der Waals surface area contributed by atoms with Crippen molar-refractivity contribution in [1.29, 1.82) is 0 Å². The number of hydrogen-bond acceptors (Lipinski definition) is 2. The molecule has 2 unspecified atom stereocenters. The van der Waals surface area contributed by atoms with Crippen molar-refractivity contribution in [3.63, 3.8) is 0 Å². The first-order valence-corrected chi connectivity index (χ1v) is 25.7. The molecule has 0 radical (unpaired) electrons. The van der Waals surface area contributed by atoms with Crippen LogP contribution in [0.4, 0.5) is 0 Å². The highest BCUT2D eigenvalue weighted by Gasteiger charge is 2.21. The normalized spacial score (nSPS) is 14.9. The molecule has 74 heavy (non-hydrogen) atoms. The molecule has 352 valence electrons. The van der Waals surface area contributed by atoms with E-state index < -0.39 is 0 Å². The largest absolute Gasteiger partial charge is 0.243 e. The van der Waals surface area contributed by atoms with Crippen LogP contribution in [0.15, 0.2) is 280 Å². The van der Waals surface area contributed by atoms with Crippen LogP contribution >= 0.6 is 0 Å². The molecule has 1 aromatic heterocycles. The standard InChI is InChI=1S/C72H54N2/c1-2-50-18-20-54(21-19-50)61-34-42-65(43-35-61)69-70(66-44-36-62(37-45-66)58-28-22-55(23-29-58)51-12-6-3-7-13-51)74-72(68-48-40-64(41-49-68)60-32-26-57(27-33-60)53-16-10-5-11-17-53)71(73-69)67-46-38-63(39-47-67)59-30-24-56(25-31-59)52-14-8-4-9-15-52/h2-12,14-32,34-49,51,60H,1,13,33H2. The molecule has 0 fully saturated rings. The maximum absolute atomic E-state index is 5.73. The van der Waals surface area contributed by atoms with Crippen molar-refractivity contribution >= 4 is 11.6 Å². The first-order chi connectivity index (χ1) is 36.6. The predicted octanol–water partition coefficient (Wildman–Crippen LogP) is 19.2. The van der Waals surface area contributed by atoms with Gasteiger partial charge in [0.15, 0.2) is 0 Å². The Morgan fingerprint density at radius 3 is 1.03 bits per heavy atom. The summed E-state index contributed by atoms with van der Waals surface area (Å²) in [5.41, 5.74) is 22.9. The van der Waals surface area contributed by atoms with E-state index in [4.69, 9.17) is 9.97 Å². The number of allylic oxidation sites excluding steroid dienone is 8. The highest BCUT2D eigenvalue weighted by molar-refractivity contribution is 5.88. The van der Waals surface area contributed by atoms with E-state index in [1.807, 2.05) is 6.08 Å². The molecular weight excluding hydrogens is 893 g/mol. The topological polar surface area (TPSA) is 25.8 Å². The van der Waals surface area contributed by atoms with Gasteiger partial charge in [0.2, 0.25) is 0 Å². The fourth-order valence-electron chi connectivity index (χ4n) is 10.4. The third kappa shape index (κ3) is 9.74. The second kappa shape index (κ2) is 20.8. The Hall–Kier alpha value is -9.24. The van der Waals surface area contributed by atoms with Crippen LogP contribution < -0.4 is 0 Å². The molecular formula is C72H54N2. The van der Waals surface area contributed by atoms with Gasteiger partial charge in [-0.1, -0.05) is 286 Å². The molecule has 2 aliphatic carbocycles. The SMILES string of the molecule is C=Cc1ccc(-c2ccc(-c3nc(-c4ccc(-c5ccc(-c6ccccc6)cc5)cc4)c(-c4ccc(C5C=CC(c6ccccc6)=CC5)cc4)nc3-c3ccc(-c4ccc(C5C=CC=CC5)cc4)cc3)cc2)cc1. The second-order valence-corrected chi connectivity index (χ2v) is 19.2. The summed E-state index contributed by atoms with van der Waals surface area (Å²) in [6.07, 6.45) is 19.7. The predicted molar refractivity (Wildman–Crippen MR) is 312 cm³/mol. The molecule has 0 saturated carbocycles. The average molecular weight is 947 g/mol. The van der Waals surface area contributed by atoms with Gasteiger partial charge in [-0.25, -0.2) is 9.97 Å². The average Bonchev–Trinajstić information content (AvgIpc) is 3.50. The summed E-state index contributed by atoms with van der Waals surface area (Å²) < 4.78 is 0. The maximum Gasteiger partial charge on any atom is 0.0973 e.